The molecule has 7 nitrogen and oxygen atoms in total. The molecule has 2 amide bonds. The van der Waals surface area contributed by atoms with E-state index < -0.39 is 5.54 Å². The van der Waals surface area contributed by atoms with Crippen LogP contribution < -0.4 is 10.6 Å². The Morgan fingerprint density at radius 2 is 1.96 bits per heavy atom. The maximum absolute atomic E-state index is 12.8. The molecule has 1 aromatic rings. The average Bonchev–Trinajstić information content (AvgIpc) is 3.09. The highest BCUT2D eigenvalue weighted by molar-refractivity contribution is 5.92. The third kappa shape index (κ3) is 4.22. The molecule has 2 aliphatic rings. The number of hydrogen-bond donors (Lipinski definition) is 2. The van der Waals surface area contributed by atoms with Crippen LogP contribution >= 0.6 is 0 Å². The van der Waals surface area contributed by atoms with Crippen LogP contribution in [0.5, 0.6) is 0 Å². The highest BCUT2D eigenvalue weighted by Crippen LogP contribution is 2.32. The molecule has 3 rings (SSSR count). The molecule has 0 bridgehead atoms. The molecule has 1 aromatic heterocycles. The van der Waals surface area contributed by atoms with Crippen LogP contribution in [0.15, 0.2) is 12.1 Å². The Morgan fingerprint density at radius 3 is 2.64 bits per heavy atom. The Morgan fingerprint density at radius 1 is 1.21 bits per heavy atom. The number of amides is 2. The van der Waals surface area contributed by atoms with Crippen molar-refractivity contribution in [1.29, 1.82) is 5.26 Å². The maximum atomic E-state index is 12.8. The van der Waals surface area contributed by atoms with Crippen molar-refractivity contribution in [2.24, 2.45) is 7.05 Å². The standard InChI is InChI=1S/C21H31N5O2/c1-23-20(28)18-10-9-16(25(18)2)17-8-4-7-13-26(17)14-19(27)24-21(15-22)11-5-3-6-12-21/h9-10,17H,3-8,11-14H2,1-2H3,(H,23,28)(H,24,27)/t17-/m1/s1. The summed E-state index contributed by atoms with van der Waals surface area (Å²) in [5.74, 6) is -0.182. The number of aromatic nitrogens is 1. The van der Waals surface area contributed by atoms with Crippen molar-refractivity contribution in [3.05, 3.63) is 23.5 Å². The van der Waals surface area contributed by atoms with Crippen LogP contribution in [0.3, 0.4) is 0 Å². The summed E-state index contributed by atoms with van der Waals surface area (Å²) in [5, 5.41) is 15.3. The van der Waals surface area contributed by atoms with Gasteiger partial charge in [0.05, 0.1) is 18.7 Å². The molecule has 0 unspecified atom stereocenters. The first-order valence-electron chi connectivity index (χ1n) is 10.3. The summed E-state index contributed by atoms with van der Waals surface area (Å²) < 4.78 is 1.93. The van der Waals surface area contributed by atoms with E-state index in [9.17, 15) is 14.9 Å². The summed E-state index contributed by atoms with van der Waals surface area (Å²) in [6.45, 7) is 1.13. The third-order valence-corrected chi connectivity index (χ3v) is 6.22. The Hall–Kier alpha value is -2.33. The molecule has 1 atom stereocenters. The SMILES string of the molecule is CNC(=O)c1ccc([C@H]2CCCCN2CC(=O)NC2(C#N)CCCCC2)n1C. The molecule has 0 spiro atoms. The van der Waals surface area contributed by atoms with E-state index in [1.165, 1.54) is 0 Å². The minimum Gasteiger partial charge on any atom is -0.354 e. The second-order valence-corrected chi connectivity index (χ2v) is 8.07. The van der Waals surface area contributed by atoms with Gasteiger partial charge in [0, 0.05) is 19.8 Å². The zero-order valence-electron chi connectivity index (χ0n) is 17.0. The van der Waals surface area contributed by atoms with E-state index in [2.05, 4.69) is 21.6 Å². The number of nitrogens with one attached hydrogen (secondary N) is 2. The molecular formula is C21H31N5O2. The van der Waals surface area contributed by atoms with Gasteiger partial charge in [-0.25, -0.2) is 0 Å². The van der Waals surface area contributed by atoms with Gasteiger partial charge in [-0.05, 0) is 44.4 Å². The third-order valence-electron chi connectivity index (χ3n) is 6.22. The highest BCUT2D eigenvalue weighted by atomic mass is 16.2. The van der Waals surface area contributed by atoms with E-state index in [4.69, 9.17) is 0 Å². The van der Waals surface area contributed by atoms with Crippen LogP contribution in [0, 0.1) is 11.3 Å². The molecular weight excluding hydrogens is 354 g/mol. The molecule has 2 N–H and O–H groups in total. The van der Waals surface area contributed by atoms with Crippen LogP contribution in [-0.2, 0) is 11.8 Å². The van der Waals surface area contributed by atoms with E-state index in [0.717, 1.165) is 63.6 Å². The van der Waals surface area contributed by atoms with Gasteiger partial charge in [-0.2, -0.15) is 5.26 Å². The van der Waals surface area contributed by atoms with Crippen LogP contribution in [0.2, 0.25) is 0 Å². The number of carbonyl (C=O) groups excluding carboxylic acids is 2. The van der Waals surface area contributed by atoms with Crippen LogP contribution in [-0.4, -0.2) is 47.0 Å². The van der Waals surface area contributed by atoms with Crippen molar-refractivity contribution >= 4 is 11.8 Å². The van der Waals surface area contributed by atoms with E-state index >= 15 is 0 Å². The summed E-state index contributed by atoms with van der Waals surface area (Å²) >= 11 is 0. The lowest BCUT2D eigenvalue weighted by Gasteiger charge is -2.37. The lowest BCUT2D eigenvalue weighted by atomic mass is 9.83. The highest BCUT2D eigenvalue weighted by Gasteiger charge is 2.35. The molecule has 1 aliphatic carbocycles. The number of likely N-dealkylation sites (tertiary alicyclic amines) is 1. The zero-order chi connectivity index (χ0) is 20.1. The van der Waals surface area contributed by atoms with Gasteiger partial charge in [0.2, 0.25) is 5.91 Å². The lowest BCUT2D eigenvalue weighted by Crippen LogP contribution is -2.52. The Labute approximate surface area is 167 Å². The summed E-state index contributed by atoms with van der Waals surface area (Å²) in [6, 6.07) is 6.30. The number of hydrogen-bond acceptors (Lipinski definition) is 4. The van der Waals surface area contributed by atoms with E-state index in [-0.39, 0.29) is 24.4 Å². The predicted octanol–water partition coefficient (Wildman–Crippen LogP) is 2.25. The second-order valence-electron chi connectivity index (χ2n) is 8.07. The van der Waals surface area contributed by atoms with Crippen molar-refractivity contribution in [2.75, 3.05) is 20.1 Å². The lowest BCUT2D eigenvalue weighted by molar-refractivity contribution is -0.125. The topological polar surface area (TPSA) is 90.2 Å². The van der Waals surface area contributed by atoms with Gasteiger partial charge in [0.15, 0.2) is 0 Å². The Balaban J connectivity index is 1.72. The molecule has 2 heterocycles. The fraction of sp³-hybridized carbons (Fsp3) is 0.667. The van der Waals surface area contributed by atoms with Gasteiger partial charge in [-0.15, -0.1) is 0 Å². The number of carbonyl (C=O) groups is 2. The van der Waals surface area contributed by atoms with Crippen LogP contribution in [0.4, 0.5) is 0 Å². The van der Waals surface area contributed by atoms with Gasteiger partial charge in [-0.1, -0.05) is 25.7 Å². The van der Waals surface area contributed by atoms with E-state index in [0.29, 0.717) is 5.69 Å². The smallest absolute Gasteiger partial charge is 0.267 e. The molecule has 2 fully saturated rings. The van der Waals surface area contributed by atoms with Crippen LogP contribution in [0.1, 0.15) is 73.6 Å². The zero-order valence-corrected chi connectivity index (χ0v) is 17.0. The van der Waals surface area contributed by atoms with E-state index in [1.54, 1.807) is 7.05 Å². The fourth-order valence-electron chi connectivity index (χ4n) is 4.64. The molecule has 0 radical (unpaired) electrons. The average molecular weight is 386 g/mol. The Kier molecular flexibility index (Phi) is 6.40. The normalized spacial score (nSPS) is 22.2. The van der Waals surface area contributed by atoms with Crippen LogP contribution in [0.25, 0.3) is 0 Å². The van der Waals surface area contributed by atoms with Gasteiger partial charge >= 0.3 is 0 Å². The summed E-state index contributed by atoms with van der Waals surface area (Å²) in [4.78, 5) is 27.0. The fourth-order valence-corrected chi connectivity index (χ4v) is 4.64. The first-order chi connectivity index (χ1) is 13.5. The van der Waals surface area contributed by atoms with Crippen molar-refractivity contribution in [2.45, 2.75) is 62.9 Å². The van der Waals surface area contributed by atoms with Crippen molar-refractivity contribution in [3.8, 4) is 6.07 Å². The minimum atomic E-state index is -0.696. The van der Waals surface area contributed by atoms with Gasteiger partial charge in [0.1, 0.15) is 11.2 Å². The first-order valence-corrected chi connectivity index (χ1v) is 10.3. The van der Waals surface area contributed by atoms with Gasteiger partial charge in [0.25, 0.3) is 5.91 Å². The number of nitrogens with zero attached hydrogens (tertiary/aromatic N) is 3. The summed E-state index contributed by atoms with van der Waals surface area (Å²) in [6.07, 6.45) is 7.72. The van der Waals surface area contributed by atoms with Crippen molar-refractivity contribution in [1.82, 2.24) is 20.1 Å². The summed E-state index contributed by atoms with van der Waals surface area (Å²) in [7, 11) is 3.53. The number of nitriles is 1. The molecule has 152 valence electrons. The van der Waals surface area contributed by atoms with Gasteiger partial charge < -0.3 is 15.2 Å². The molecule has 1 aliphatic heterocycles. The number of rotatable bonds is 5. The van der Waals surface area contributed by atoms with Crippen molar-refractivity contribution in [3.63, 3.8) is 0 Å². The quantitative estimate of drug-likeness (QED) is 0.813. The molecule has 7 heteroatoms. The first kappa shape index (κ1) is 20.4. The molecule has 28 heavy (non-hydrogen) atoms. The summed E-state index contributed by atoms with van der Waals surface area (Å²) in [5.41, 5.74) is 0.981. The maximum Gasteiger partial charge on any atom is 0.267 e. The Bertz CT molecular complexity index is 757. The molecule has 1 saturated carbocycles. The van der Waals surface area contributed by atoms with Crippen molar-refractivity contribution < 1.29 is 9.59 Å². The molecule has 0 aromatic carbocycles. The predicted molar refractivity (Wildman–Crippen MR) is 107 cm³/mol. The van der Waals surface area contributed by atoms with Gasteiger partial charge in [-0.3, -0.25) is 14.5 Å². The largest absolute Gasteiger partial charge is 0.354 e. The number of piperidine rings is 1. The monoisotopic (exact) mass is 385 g/mol. The minimum absolute atomic E-state index is 0.0731. The second kappa shape index (κ2) is 8.78. The van der Waals surface area contributed by atoms with E-state index in [1.807, 2.05) is 23.7 Å². The molecule has 1 saturated heterocycles.